The number of para-hydroxylation sites is 1. The first kappa shape index (κ1) is 11.3. The summed E-state index contributed by atoms with van der Waals surface area (Å²) in [6.45, 7) is 3.57. The molecule has 0 saturated carbocycles. The smallest absolute Gasteiger partial charge is 0.347 e. The van der Waals surface area contributed by atoms with Crippen LogP contribution in [0.2, 0.25) is 0 Å². The second kappa shape index (κ2) is 5.86. The van der Waals surface area contributed by atoms with Gasteiger partial charge in [0.15, 0.2) is 6.10 Å². The van der Waals surface area contributed by atoms with E-state index in [-0.39, 0.29) is 0 Å². The van der Waals surface area contributed by atoms with E-state index in [1.807, 2.05) is 18.2 Å². The van der Waals surface area contributed by atoms with Crippen LogP contribution in [0.5, 0.6) is 5.75 Å². The van der Waals surface area contributed by atoms with Crippen LogP contribution in [0.1, 0.15) is 6.42 Å². The SMILES string of the molecule is C=CCC(Oc1ccccc1)C(=O)OC. The molecule has 15 heavy (non-hydrogen) atoms. The highest BCUT2D eigenvalue weighted by Crippen LogP contribution is 2.13. The summed E-state index contributed by atoms with van der Waals surface area (Å²) in [7, 11) is 1.34. The van der Waals surface area contributed by atoms with E-state index in [4.69, 9.17) is 4.74 Å². The van der Waals surface area contributed by atoms with Crippen molar-refractivity contribution >= 4 is 5.97 Å². The molecule has 0 saturated heterocycles. The fourth-order valence-corrected chi connectivity index (χ4v) is 1.14. The minimum atomic E-state index is -0.616. The Hall–Kier alpha value is -1.77. The van der Waals surface area contributed by atoms with Crippen LogP contribution >= 0.6 is 0 Å². The third-order valence-corrected chi connectivity index (χ3v) is 1.87. The number of carbonyl (C=O) groups is 1. The van der Waals surface area contributed by atoms with Crippen LogP contribution in [0.25, 0.3) is 0 Å². The molecule has 1 aromatic rings. The average molecular weight is 206 g/mol. The number of rotatable bonds is 5. The molecule has 0 aliphatic heterocycles. The molecule has 0 aliphatic rings. The van der Waals surface area contributed by atoms with Crippen molar-refractivity contribution < 1.29 is 14.3 Å². The summed E-state index contributed by atoms with van der Waals surface area (Å²) < 4.78 is 10.1. The van der Waals surface area contributed by atoms with Gasteiger partial charge in [-0.25, -0.2) is 4.79 Å². The molecule has 1 aromatic carbocycles. The van der Waals surface area contributed by atoms with Gasteiger partial charge in [0.05, 0.1) is 7.11 Å². The van der Waals surface area contributed by atoms with E-state index in [1.54, 1.807) is 18.2 Å². The number of hydrogen-bond donors (Lipinski definition) is 0. The molecule has 0 amide bonds. The van der Waals surface area contributed by atoms with Gasteiger partial charge in [0, 0.05) is 6.42 Å². The van der Waals surface area contributed by atoms with Crippen molar-refractivity contribution in [2.24, 2.45) is 0 Å². The largest absolute Gasteiger partial charge is 0.478 e. The van der Waals surface area contributed by atoms with Crippen LogP contribution in [0.4, 0.5) is 0 Å². The molecule has 0 N–H and O–H groups in total. The lowest BCUT2D eigenvalue weighted by Crippen LogP contribution is -2.27. The molecule has 0 fully saturated rings. The Labute approximate surface area is 89.3 Å². The lowest BCUT2D eigenvalue weighted by Gasteiger charge is -2.14. The Morgan fingerprint density at radius 1 is 1.47 bits per heavy atom. The summed E-state index contributed by atoms with van der Waals surface area (Å²) in [5.41, 5.74) is 0. The quantitative estimate of drug-likeness (QED) is 0.547. The average Bonchev–Trinajstić information content (AvgIpc) is 2.29. The van der Waals surface area contributed by atoms with Crippen molar-refractivity contribution in [1.29, 1.82) is 0 Å². The van der Waals surface area contributed by atoms with Crippen LogP contribution < -0.4 is 4.74 Å². The standard InChI is InChI=1S/C12H14O3/c1-3-7-11(12(13)14-2)15-10-8-5-4-6-9-10/h3-6,8-9,11H,1,7H2,2H3. The van der Waals surface area contributed by atoms with Gasteiger partial charge in [0.2, 0.25) is 0 Å². The summed E-state index contributed by atoms with van der Waals surface area (Å²) in [5, 5.41) is 0. The fraction of sp³-hybridized carbons (Fsp3) is 0.250. The van der Waals surface area contributed by atoms with Crippen LogP contribution in [-0.2, 0) is 9.53 Å². The molecule has 0 aliphatic carbocycles. The van der Waals surface area contributed by atoms with E-state index in [0.717, 1.165) is 0 Å². The highest BCUT2D eigenvalue weighted by Gasteiger charge is 2.19. The zero-order valence-corrected chi connectivity index (χ0v) is 8.68. The Morgan fingerprint density at radius 3 is 2.67 bits per heavy atom. The number of esters is 1. The summed E-state index contributed by atoms with van der Waals surface area (Å²) >= 11 is 0. The predicted molar refractivity (Wildman–Crippen MR) is 57.7 cm³/mol. The molecule has 0 spiro atoms. The minimum Gasteiger partial charge on any atom is -0.478 e. The number of benzene rings is 1. The monoisotopic (exact) mass is 206 g/mol. The molecular formula is C12H14O3. The molecule has 0 aromatic heterocycles. The van der Waals surface area contributed by atoms with Gasteiger partial charge >= 0.3 is 5.97 Å². The van der Waals surface area contributed by atoms with E-state index in [2.05, 4.69) is 11.3 Å². The number of carbonyl (C=O) groups excluding carboxylic acids is 1. The number of methoxy groups -OCH3 is 1. The number of ether oxygens (including phenoxy) is 2. The predicted octanol–water partition coefficient (Wildman–Crippen LogP) is 2.18. The molecule has 80 valence electrons. The van der Waals surface area contributed by atoms with Crippen LogP contribution in [0, 0.1) is 0 Å². The van der Waals surface area contributed by atoms with Crippen molar-refractivity contribution in [2.75, 3.05) is 7.11 Å². The normalized spacial score (nSPS) is 11.5. The Bertz CT molecular complexity index is 319. The highest BCUT2D eigenvalue weighted by molar-refractivity contribution is 5.75. The van der Waals surface area contributed by atoms with Gasteiger partial charge in [-0.1, -0.05) is 24.3 Å². The van der Waals surface area contributed by atoms with Gasteiger partial charge in [0.25, 0.3) is 0 Å². The molecule has 0 bridgehead atoms. The molecule has 3 heteroatoms. The molecule has 3 nitrogen and oxygen atoms in total. The van der Waals surface area contributed by atoms with E-state index >= 15 is 0 Å². The van der Waals surface area contributed by atoms with Crippen molar-refractivity contribution in [3.63, 3.8) is 0 Å². The molecule has 0 heterocycles. The fourth-order valence-electron chi connectivity index (χ4n) is 1.14. The van der Waals surface area contributed by atoms with Gasteiger partial charge in [-0.2, -0.15) is 0 Å². The van der Waals surface area contributed by atoms with Crippen LogP contribution in [0.3, 0.4) is 0 Å². The zero-order chi connectivity index (χ0) is 11.1. The van der Waals surface area contributed by atoms with Crippen molar-refractivity contribution in [1.82, 2.24) is 0 Å². The summed E-state index contributed by atoms with van der Waals surface area (Å²) in [5.74, 6) is 0.258. The van der Waals surface area contributed by atoms with E-state index in [0.29, 0.717) is 12.2 Å². The molecular weight excluding hydrogens is 192 g/mol. The Morgan fingerprint density at radius 2 is 2.13 bits per heavy atom. The minimum absolute atomic E-state index is 0.390. The maximum absolute atomic E-state index is 11.3. The third kappa shape index (κ3) is 3.46. The first-order chi connectivity index (χ1) is 7.27. The Kier molecular flexibility index (Phi) is 4.41. The number of hydrogen-bond acceptors (Lipinski definition) is 3. The van der Waals surface area contributed by atoms with Gasteiger partial charge < -0.3 is 9.47 Å². The van der Waals surface area contributed by atoms with Crippen molar-refractivity contribution in [2.45, 2.75) is 12.5 Å². The zero-order valence-electron chi connectivity index (χ0n) is 8.68. The molecule has 1 rings (SSSR count). The third-order valence-electron chi connectivity index (χ3n) is 1.87. The summed E-state index contributed by atoms with van der Waals surface area (Å²) in [4.78, 5) is 11.3. The van der Waals surface area contributed by atoms with Gasteiger partial charge in [-0.05, 0) is 12.1 Å². The molecule has 1 atom stereocenters. The van der Waals surface area contributed by atoms with E-state index in [9.17, 15) is 4.79 Å². The van der Waals surface area contributed by atoms with Gasteiger partial charge in [0.1, 0.15) is 5.75 Å². The second-order valence-corrected chi connectivity index (χ2v) is 2.97. The second-order valence-electron chi connectivity index (χ2n) is 2.97. The maximum Gasteiger partial charge on any atom is 0.347 e. The van der Waals surface area contributed by atoms with E-state index < -0.39 is 12.1 Å². The molecule has 0 radical (unpaired) electrons. The summed E-state index contributed by atoms with van der Waals surface area (Å²) in [6.07, 6.45) is 1.45. The highest BCUT2D eigenvalue weighted by atomic mass is 16.6. The van der Waals surface area contributed by atoms with Crippen molar-refractivity contribution in [3.05, 3.63) is 43.0 Å². The Balaban J connectivity index is 2.66. The van der Waals surface area contributed by atoms with E-state index in [1.165, 1.54) is 7.11 Å². The summed E-state index contributed by atoms with van der Waals surface area (Å²) in [6, 6.07) is 9.15. The lowest BCUT2D eigenvalue weighted by molar-refractivity contribution is -0.148. The van der Waals surface area contributed by atoms with Crippen molar-refractivity contribution in [3.8, 4) is 5.75 Å². The van der Waals surface area contributed by atoms with Crippen LogP contribution in [-0.4, -0.2) is 19.2 Å². The van der Waals surface area contributed by atoms with Crippen LogP contribution in [0.15, 0.2) is 43.0 Å². The lowest BCUT2D eigenvalue weighted by atomic mass is 10.2. The van der Waals surface area contributed by atoms with Gasteiger partial charge in [-0.15, -0.1) is 6.58 Å². The molecule has 1 unspecified atom stereocenters. The van der Waals surface area contributed by atoms with Gasteiger partial charge in [-0.3, -0.25) is 0 Å². The maximum atomic E-state index is 11.3. The first-order valence-electron chi connectivity index (χ1n) is 4.68. The topological polar surface area (TPSA) is 35.5 Å². The first-order valence-corrected chi connectivity index (χ1v) is 4.68.